The molecular formula is C19H23N5O3. The second-order valence-corrected chi connectivity index (χ2v) is 7.28. The van der Waals surface area contributed by atoms with Crippen molar-refractivity contribution in [2.24, 2.45) is 0 Å². The quantitative estimate of drug-likeness (QED) is 0.791. The third kappa shape index (κ3) is 3.65. The zero-order valence-electron chi connectivity index (χ0n) is 15.4. The molecule has 1 aromatic heterocycles. The summed E-state index contributed by atoms with van der Waals surface area (Å²) < 4.78 is 7.98. The minimum atomic E-state index is -0.589. The van der Waals surface area contributed by atoms with Crippen LogP contribution >= 0.6 is 0 Å². The van der Waals surface area contributed by atoms with Crippen molar-refractivity contribution in [3.63, 3.8) is 0 Å². The number of fused-ring (bicyclic) bond motifs is 1. The van der Waals surface area contributed by atoms with Crippen LogP contribution in [-0.4, -0.2) is 61.6 Å². The fourth-order valence-electron chi connectivity index (χ4n) is 3.91. The van der Waals surface area contributed by atoms with E-state index in [1.54, 1.807) is 6.92 Å². The number of likely N-dealkylation sites (tertiary alicyclic amines) is 1. The van der Waals surface area contributed by atoms with Crippen molar-refractivity contribution in [1.29, 1.82) is 0 Å². The van der Waals surface area contributed by atoms with Crippen molar-refractivity contribution in [3.8, 4) is 5.75 Å². The second-order valence-electron chi connectivity index (χ2n) is 7.28. The molecular weight excluding hydrogens is 346 g/mol. The Kier molecular flexibility index (Phi) is 4.55. The lowest BCUT2D eigenvalue weighted by molar-refractivity contribution is -0.140. The number of benzene rings is 1. The highest BCUT2D eigenvalue weighted by Crippen LogP contribution is 2.34. The summed E-state index contributed by atoms with van der Waals surface area (Å²) in [5.74, 6) is 0.794. The van der Waals surface area contributed by atoms with Gasteiger partial charge in [-0.3, -0.25) is 9.59 Å². The first-order chi connectivity index (χ1) is 13.0. The van der Waals surface area contributed by atoms with Crippen LogP contribution in [0.25, 0.3) is 0 Å². The zero-order valence-corrected chi connectivity index (χ0v) is 15.4. The van der Waals surface area contributed by atoms with Crippen LogP contribution in [0.3, 0.4) is 0 Å². The van der Waals surface area contributed by atoms with Gasteiger partial charge in [0.2, 0.25) is 11.8 Å². The molecule has 0 unspecified atom stereocenters. The maximum Gasteiger partial charge on any atom is 0.244 e. The summed E-state index contributed by atoms with van der Waals surface area (Å²) in [5.41, 5.74) is 0.407. The predicted molar refractivity (Wildman–Crippen MR) is 96.7 cm³/mol. The summed E-state index contributed by atoms with van der Waals surface area (Å²) >= 11 is 0. The highest BCUT2D eigenvalue weighted by molar-refractivity contribution is 5.76. The molecule has 142 valence electrons. The van der Waals surface area contributed by atoms with E-state index in [9.17, 15) is 9.59 Å². The number of amides is 2. The van der Waals surface area contributed by atoms with Gasteiger partial charge in [0.15, 0.2) is 0 Å². The molecule has 0 saturated carbocycles. The molecule has 1 aromatic carbocycles. The topological polar surface area (TPSA) is 80.6 Å². The Morgan fingerprint density at radius 2 is 2.04 bits per heavy atom. The molecule has 2 aliphatic heterocycles. The van der Waals surface area contributed by atoms with Gasteiger partial charge in [-0.05, 0) is 18.9 Å². The average molecular weight is 369 g/mol. The lowest BCUT2D eigenvalue weighted by Crippen LogP contribution is -2.58. The van der Waals surface area contributed by atoms with Crippen LogP contribution in [0.1, 0.15) is 25.3 Å². The van der Waals surface area contributed by atoms with Crippen LogP contribution in [0.4, 0.5) is 0 Å². The minimum absolute atomic E-state index is 0.0146. The van der Waals surface area contributed by atoms with Crippen LogP contribution in [0.15, 0.2) is 36.9 Å². The summed E-state index contributed by atoms with van der Waals surface area (Å²) in [5, 5.41) is 4.01. The smallest absolute Gasteiger partial charge is 0.244 e. The van der Waals surface area contributed by atoms with Gasteiger partial charge < -0.3 is 14.5 Å². The largest absolute Gasteiger partial charge is 0.483 e. The normalized spacial score (nSPS) is 22.1. The number of carbonyl (C=O) groups excluding carboxylic acids is 2. The molecule has 0 radical (unpaired) electrons. The van der Waals surface area contributed by atoms with Crippen LogP contribution in [-0.2, 0) is 22.7 Å². The Labute approximate surface area is 157 Å². The molecule has 1 saturated heterocycles. The summed E-state index contributed by atoms with van der Waals surface area (Å²) in [6.45, 7) is 3.88. The lowest BCUT2D eigenvalue weighted by atomic mass is 9.91. The van der Waals surface area contributed by atoms with Gasteiger partial charge in [0.1, 0.15) is 30.5 Å². The molecule has 1 spiro atoms. The van der Waals surface area contributed by atoms with Crippen molar-refractivity contribution < 1.29 is 14.3 Å². The molecule has 1 fully saturated rings. The second kappa shape index (κ2) is 7.02. The predicted octanol–water partition coefficient (Wildman–Crippen LogP) is 1.08. The van der Waals surface area contributed by atoms with E-state index in [1.165, 1.54) is 17.3 Å². The first kappa shape index (κ1) is 17.5. The van der Waals surface area contributed by atoms with Crippen LogP contribution < -0.4 is 4.74 Å². The number of hydrogen-bond acceptors (Lipinski definition) is 5. The Morgan fingerprint density at radius 1 is 1.22 bits per heavy atom. The highest BCUT2D eigenvalue weighted by atomic mass is 16.5. The number of nitrogens with zero attached hydrogens (tertiary/aromatic N) is 5. The van der Waals surface area contributed by atoms with E-state index >= 15 is 0 Å². The van der Waals surface area contributed by atoms with E-state index < -0.39 is 5.60 Å². The minimum Gasteiger partial charge on any atom is -0.483 e. The van der Waals surface area contributed by atoms with Crippen molar-refractivity contribution in [1.82, 2.24) is 24.6 Å². The van der Waals surface area contributed by atoms with Gasteiger partial charge in [-0.15, -0.1) is 0 Å². The van der Waals surface area contributed by atoms with Crippen LogP contribution in [0.5, 0.6) is 5.75 Å². The molecule has 0 aliphatic carbocycles. The van der Waals surface area contributed by atoms with Gasteiger partial charge in [-0.1, -0.05) is 18.2 Å². The van der Waals surface area contributed by atoms with Crippen molar-refractivity contribution >= 4 is 11.8 Å². The number of ether oxygens (including phenoxy) is 1. The van der Waals surface area contributed by atoms with Crippen LogP contribution in [0.2, 0.25) is 0 Å². The molecule has 2 aromatic rings. The van der Waals surface area contributed by atoms with Gasteiger partial charge in [-0.25, -0.2) is 9.67 Å². The first-order valence-electron chi connectivity index (χ1n) is 9.17. The first-order valence-corrected chi connectivity index (χ1v) is 9.17. The molecule has 27 heavy (non-hydrogen) atoms. The molecule has 0 bridgehead atoms. The van der Waals surface area contributed by atoms with E-state index in [4.69, 9.17) is 4.74 Å². The highest BCUT2D eigenvalue weighted by Gasteiger charge is 2.43. The Balaban J connectivity index is 1.58. The maximum absolute atomic E-state index is 12.7. The molecule has 8 nitrogen and oxygen atoms in total. The fraction of sp³-hybridized carbons (Fsp3) is 0.474. The summed E-state index contributed by atoms with van der Waals surface area (Å²) in [6, 6.07) is 7.82. The van der Waals surface area contributed by atoms with E-state index in [1.807, 2.05) is 34.1 Å². The molecule has 8 heteroatoms. The number of hydrogen-bond donors (Lipinski definition) is 0. The summed E-state index contributed by atoms with van der Waals surface area (Å²) in [7, 11) is 0. The monoisotopic (exact) mass is 369 g/mol. The standard InChI is InChI=1S/C19H23N5O3/c1-15(25)23-9-16-5-2-3-6-17(16)27-19(12-23)7-4-8-22(11-19)18(26)10-24-14-20-13-21-24/h2-3,5-6,13-14H,4,7-12H2,1H3/t19-/m1/s1. The number of carbonyl (C=O) groups is 2. The Morgan fingerprint density at radius 3 is 2.81 bits per heavy atom. The molecule has 3 heterocycles. The van der Waals surface area contributed by atoms with Crippen molar-refractivity contribution in [2.75, 3.05) is 19.6 Å². The van der Waals surface area contributed by atoms with Crippen molar-refractivity contribution in [2.45, 2.75) is 38.5 Å². The summed E-state index contributed by atoms with van der Waals surface area (Å²) in [4.78, 5) is 32.4. The number of aromatic nitrogens is 3. The Bertz CT molecular complexity index is 838. The van der Waals surface area contributed by atoms with E-state index in [0.29, 0.717) is 26.2 Å². The molecule has 2 aliphatic rings. The number of para-hydroxylation sites is 1. The fourth-order valence-corrected chi connectivity index (χ4v) is 3.91. The third-order valence-corrected chi connectivity index (χ3v) is 5.24. The van der Waals surface area contributed by atoms with Gasteiger partial charge in [0.05, 0.1) is 13.1 Å². The van der Waals surface area contributed by atoms with Gasteiger partial charge in [0, 0.05) is 25.6 Å². The molecule has 0 N–H and O–H groups in total. The molecule has 2 amide bonds. The molecule has 4 rings (SSSR count). The maximum atomic E-state index is 12.7. The van der Waals surface area contributed by atoms with Gasteiger partial charge >= 0.3 is 0 Å². The number of piperidine rings is 1. The Hall–Kier alpha value is -2.90. The third-order valence-electron chi connectivity index (χ3n) is 5.24. The summed E-state index contributed by atoms with van der Waals surface area (Å²) in [6.07, 6.45) is 4.59. The number of rotatable bonds is 2. The van der Waals surface area contributed by atoms with Crippen molar-refractivity contribution in [3.05, 3.63) is 42.5 Å². The van der Waals surface area contributed by atoms with Gasteiger partial charge in [-0.2, -0.15) is 5.10 Å². The van der Waals surface area contributed by atoms with E-state index in [0.717, 1.165) is 24.2 Å². The zero-order chi connectivity index (χ0) is 18.9. The van der Waals surface area contributed by atoms with E-state index in [2.05, 4.69) is 10.1 Å². The average Bonchev–Trinajstić information content (AvgIpc) is 3.10. The molecule has 1 atom stereocenters. The SMILES string of the molecule is CC(=O)N1Cc2ccccc2O[C@@]2(CCCN(C(=O)Cn3cncn3)C2)C1. The van der Waals surface area contributed by atoms with E-state index in [-0.39, 0.29) is 18.4 Å². The lowest BCUT2D eigenvalue weighted by Gasteiger charge is -2.43. The van der Waals surface area contributed by atoms with Crippen LogP contribution in [0, 0.1) is 0 Å². The van der Waals surface area contributed by atoms with Gasteiger partial charge in [0.25, 0.3) is 0 Å².